The van der Waals surface area contributed by atoms with Crippen LogP contribution in [0.3, 0.4) is 0 Å². The summed E-state index contributed by atoms with van der Waals surface area (Å²) < 4.78 is 0. The molecule has 1 aliphatic rings. The summed E-state index contributed by atoms with van der Waals surface area (Å²) in [6, 6.07) is 3.45. The van der Waals surface area contributed by atoms with Gasteiger partial charge in [0.15, 0.2) is 5.82 Å². The number of carbonyl (C=O) groups is 1. The monoisotopic (exact) mass is 282 g/mol. The fraction of sp³-hybridized carbons (Fsp3) is 0.538. The van der Waals surface area contributed by atoms with Gasteiger partial charge in [-0.1, -0.05) is 11.6 Å². The van der Waals surface area contributed by atoms with Crippen molar-refractivity contribution >= 4 is 23.3 Å². The molecule has 2 heterocycles. The van der Waals surface area contributed by atoms with Crippen LogP contribution in [0.25, 0.3) is 0 Å². The number of halogens is 1. The minimum absolute atomic E-state index is 0.0880. The van der Waals surface area contributed by atoms with E-state index in [-0.39, 0.29) is 5.91 Å². The Morgan fingerprint density at radius 2 is 2.16 bits per heavy atom. The first-order valence-electron chi connectivity index (χ1n) is 6.39. The molecular weight excluding hydrogens is 264 g/mol. The molecule has 1 fully saturated rings. The molecule has 0 unspecified atom stereocenters. The predicted molar refractivity (Wildman–Crippen MR) is 76.4 cm³/mol. The highest BCUT2D eigenvalue weighted by atomic mass is 35.5. The van der Waals surface area contributed by atoms with Crippen molar-refractivity contribution in [3.63, 3.8) is 0 Å². The van der Waals surface area contributed by atoms with Gasteiger partial charge in [0.25, 0.3) is 0 Å². The number of nitrogens with one attached hydrogen (secondary N) is 2. The van der Waals surface area contributed by atoms with Gasteiger partial charge in [0.2, 0.25) is 5.91 Å². The standard InChI is InChI=1S/C13H19ClN4O/c1-13(2,18-8-6-15-7-9-18)12(19)17-11-10(14)4-3-5-16-11/h3-5,15H,6-9H2,1-2H3,(H,16,17,19). The Balaban J connectivity index is 2.08. The maximum atomic E-state index is 12.4. The topological polar surface area (TPSA) is 57.3 Å². The maximum absolute atomic E-state index is 12.4. The number of anilines is 1. The first kappa shape index (κ1) is 14.2. The molecular formula is C13H19ClN4O. The average molecular weight is 283 g/mol. The number of piperazine rings is 1. The van der Waals surface area contributed by atoms with E-state index in [1.165, 1.54) is 0 Å². The first-order valence-corrected chi connectivity index (χ1v) is 6.77. The SMILES string of the molecule is CC(C)(C(=O)Nc1ncccc1Cl)N1CCNCC1. The number of pyridine rings is 1. The zero-order valence-electron chi connectivity index (χ0n) is 11.2. The third-order valence-corrected chi connectivity index (χ3v) is 3.76. The van der Waals surface area contributed by atoms with Crippen molar-refractivity contribution in [1.29, 1.82) is 0 Å². The van der Waals surface area contributed by atoms with E-state index in [0.29, 0.717) is 10.8 Å². The summed E-state index contributed by atoms with van der Waals surface area (Å²) in [4.78, 5) is 18.7. The Hall–Kier alpha value is -1.17. The van der Waals surface area contributed by atoms with E-state index in [1.807, 2.05) is 13.8 Å². The second-order valence-corrected chi connectivity index (χ2v) is 5.49. The fourth-order valence-corrected chi connectivity index (χ4v) is 2.27. The molecule has 0 atom stereocenters. The summed E-state index contributed by atoms with van der Waals surface area (Å²) in [5, 5.41) is 6.53. The number of amides is 1. The lowest BCUT2D eigenvalue weighted by atomic mass is 10.0. The normalized spacial score (nSPS) is 17.2. The van der Waals surface area contributed by atoms with E-state index in [9.17, 15) is 4.79 Å². The molecule has 0 saturated carbocycles. The van der Waals surface area contributed by atoms with E-state index >= 15 is 0 Å². The number of nitrogens with zero attached hydrogens (tertiary/aromatic N) is 2. The second kappa shape index (κ2) is 5.86. The second-order valence-electron chi connectivity index (χ2n) is 5.08. The molecule has 1 aromatic heterocycles. The molecule has 2 rings (SSSR count). The summed E-state index contributed by atoms with van der Waals surface area (Å²) in [6.45, 7) is 7.36. The maximum Gasteiger partial charge on any atom is 0.245 e. The molecule has 1 saturated heterocycles. The van der Waals surface area contributed by atoms with Gasteiger partial charge in [0.1, 0.15) is 0 Å². The van der Waals surface area contributed by atoms with Crippen LogP contribution in [0, 0.1) is 0 Å². The minimum atomic E-state index is -0.580. The number of rotatable bonds is 3. The highest BCUT2D eigenvalue weighted by Crippen LogP contribution is 2.21. The summed E-state index contributed by atoms with van der Waals surface area (Å²) in [7, 11) is 0. The Morgan fingerprint density at radius 3 is 2.79 bits per heavy atom. The molecule has 0 bridgehead atoms. The van der Waals surface area contributed by atoms with Crippen LogP contribution < -0.4 is 10.6 Å². The molecule has 19 heavy (non-hydrogen) atoms. The Bertz CT molecular complexity index is 458. The van der Waals surface area contributed by atoms with E-state index in [1.54, 1.807) is 18.3 Å². The van der Waals surface area contributed by atoms with Crippen molar-refractivity contribution in [2.75, 3.05) is 31.5 Å². The Kier molecular flexibility index (Phi) is 4.39. The molecule has 0 spiro atoms. The highest BCUT2D eigenvalue weighted by molar-refractivity contribution is 6.33. The molecule has 1 aliphatic heterocycles. The van der Waals surface area contributed by atoms with Gasteiger partial charge >= 0.3 is 0 Å². The zero-order valence-corrected chi connectivity index (χ0v) is 12.0. The molecule has 5 nitrogen and oxygen atoms in total. The van der Waals surface area contributed by atoms with Crippen LogP contribution in [-0.2, 0) is 4.79 Å². The van der Waals surface area contributed by atoms with Gasteiger partial charge < -0.3 is 10.6 Å². The van der Waals surface area contributed by atoms with Gasteiger partial charge in [-0.2, -0.15) is 0 Å². The predicted octanol–water partition coefficient (Wildman–Crippen LogP) is 1.36. The Labute approximate surface area is 118 Å². The van der Waals surface area contributed by atoms with Crippen LogP contribution >= 0.6 is 11.6 Å². The number of hydrogen-bond donors (Lipinski definition) is 2. The number of hydrogen-bond acceptors (Lipinski definition) is 4. The number of carbonyl (C=O) groups excluding carboxylic acids is 1. The van der Waals surface area contributed by atoms with E-state index < -0.39 is 5.54 Å². The fourth-order valence-electron chi connectivity index (χ4n) is 2.11. The van der Waals surface area contributed by atoms with Crippen molar-refractivity contribution in [3.05, 3.63) is 23.4 Å². The van der Waals surface area contributed by atoms with Gasteiger partial charge in [-0.15, -0.1) is 0 Å². The quantitative estimate of drug-likeness (QED) is 0.879. The highest BCUT2D eigenvalue weighted by Gasteiger charge is 2.35. The average Bonchev–Trinajstić information content (AvgIpc) is 2.42. The zero-order chi connectivity index (χ0) is 13.9. The first-order chi connectivity index (χ1) is 9.01. The number of aromatic nitrogens is 1. The van der Waals surface area contributed by atoms with Crippen molar-refractivity contribution in [2.24, 2.45) is 0 Å². The summed E-state index contributed by atoms with van der Waals surface area (Å²) in [5.74, 6) is 0.326. The summed E-state index contributed by atoms with van der Waals surface area (Å²) >= 11 is 6.00. The third-order valence-electron chi connectivity index (χ3n) is 3.45. The van der Waals surface area contributed by atoms with Gasteiger partial charge in [-0.3, -0.25) is 9.69 Å². The van der Waals surface area contributed by atoms with Crippen LogP contribution in [0.2, 0.25) is 5.02 Å². The molecule has 6 heteroatoms. The van der Waals surface area contributed by atoms with E-state index in [4.69, 9.17) is 11.6 Å². The lowest BCUT2D eigenvalue weighted by molar-refractivity contribution is -0.126. The third kappa shape index (κ3) is 3.23. The van der Waals surface area contributed by atoms with Crippen LogP contribution in [0.4, 0.5) is 5.82 Å². The summed E-state index contributed by atoms with van der Waals surface area (Å²) in [5.41, 5.74) is -0.580. The van der Waals surface area contributed by atoms with Crippen LogP contribution in [0.15, 0.2) is 18.3 Å². The lowest BCUT2D eigenvalue weighted by Crippen LogP contribution is -2.58. The van der Waals surface area contributed by atoms with E-state index in [2.05, 4.69) is 20.5 Å². The molecule has 1 aromatic rings. The molecule has 0 aromatic carbocycles. The lowest BCUT2D eigenvalue weighted by Gasteiger charge is -2.39. The van der Waals surface area contributed by atoms with Gasteiger partial charge in [0, 0.05) is 32.4 Å². The minimum Gasteiger partial charge on any atom is -0.314 e. The van der Waals surface area contributed by atoms with Crippen LogP contribution in [0.1, 0.15) is 13.8 Å². The molecule has 2 N–H and O–H groups in total. The van der Waals surface area contributed by atoms with Crippen molar-refractivity contribution in [2.45, 2.75) is 19.4 Å². The molecule has 0 aliphatic carbocycles. The van der Waals surface area contributed by atoms with Crippen molar-refractivity contribution < 1.29 is 4.79 Å². The van der Waals surface area contributed by atoms with Crippen molar-refractivity contribution in [1.82, 2.24) is 15.2 Å². The van der Waals surface area contributed by atoms with Crippen LogP contribution in [-0.4, -0.2) is 47.5 Å². The molecule has 1 amide bonds. The summed E-state index contributed by atoms with van der Waals surface area (Å²) in [6.07, 6.45) is 1.61. The smallest absolute Gasteiger partial charge is 0.245 e. The Morgan fingerprint density at radius 1 is 1.47 bits per heavy atom. The molecule has 104 valence electrons. The van der Waals surface area contributed by atoms with Crippen LogP contribution in [0.5, 0.6) is 0 Å². The van der Waals surface area contributed by atoms with Gasteiger partial charge in [-0.05, 0) is 26.0 Å². The molecule has 0 radical (unpaired) electrons. The van der Waals surface area contributed by atoms with Gasteiger partial charge in [-0.25, -0.2) is 4.98 Å². The van der Waals surface area contributed by atoms with Gasteiger partial charge in [0.05, 0.1) is 10.6 Å². The van der Waals surface area contributed by atoms with Crippen molar-refractivity contribution in [3.8, 4) is 0 Å². The van der Waals surface area contributed by atoms with E-state index in [0.717, 1.165) is 26.2 Å². The largest absolute Gasteiger partial charge is 0.314 e.